The number of thiol groups is 1. The molecule has 0 unspecified atom stereocenters. The Bertz CT molecular complexity index is 163. The summed E-state index contributed by atoms with van der Waals surface area (Å²) in [5, 5.41) is 0. The van der Waals surface area contributed by atoms with Crippen molar-refractivity contribution in [1.82, 2.24) is 4.90 Å². The molecule has 0 aliphatic heterocycles. The van der Waals surface area contributed by atoms with Gasteiger partial charge in [0, 0.05) is 18.8 Å². The van der Waals surface area contributed by atoms with Crippen LogP contribution in [0.5, 0.6) is 0 Å². The largest absolute Gasteiger partial charge is 0.299 e. The highest BCUT2D eigenvalue weighted by Gasteiger charge is 2.23. The molecule has 0 amide bonds. The molecule has 0 aromatic carbocycles. The molecule has 0 atom stereocenters. The van der Waals surface area contributed by atoms with Crippen LogP contribution in [0.25, 0.3) is 0 Å². The smallest absolute Gasteiger partial charge is 0.0198 e. The van der Waals surface area contributed by atoms with Gasteiger partial charge in [-0.1, -0.05) is 19.1 Å². The van der Waals surface area contributed by atoms with Crippen LogP contribution in [0.15, 0.2) is 12.2 Å². The highest BCUT2D eigenvalue weighted by molar-refractivity contribution is 7.80. The molecule has 0 N–H and O–H groups in total. The van der Waals surface area contributed by atoms with Gasteiger partial charge in [-0.2, -0.15) is 12.6 Å². The molecule has 1 saturated carbocycles. The zero-order valence-corrected chi connectivity index (χ0v) is 9.52. The zero-order chi connectivity index (χ0) is 9.68. The lowest BCUT2D eigenvalue weighted by Crippen LogP contribution is -2.29. The Kier molecular flexibility index (Phi) is 4.89. The minimum atomic E-state index is 0.824. The van der Waals surface area contributed by atoms with Crippen LogP contribution in [0.2, 0.25) is 0 Å². The van der Waals surface area contributed by atoms with Crippen molar-refractivity contribution in [3.05, 3.63) is 12.2 Å². The van der Waals surface area contributed by atoms with Gasteiger partial charge in [-0.3, -0.25) is 4.90 Å². The van der Waals surface area contributed by atoms with Gasteiger partial charge in [0.15, 0.2) is 0 Å². The predicted octanol–water partition coefficient (Wildman–Crippen LogP) is 2.59. The fraction of sp³-hybridized carbons (Fsp3) is 0.818. The van der Waals surface area contributed by atoms with E-state index in [0.717, 1.165) is 18.2 Å². The number of nitrogens with zero attached hydrogens (tertiary/aromatic N) is 1. The van der Waals surface area contributed by atoms with Gasteiger partial charge in [0.2, 0.25) is 0 Å². The second-order valence-corrected chi connectivity index (χ2v) is 4.40. The van der Waals surface area contributed by atoms with Gasteiger partial charge in [0.05, 0.1) is 0 Å². The summed E-state index contributed by atoms with van der Waals surface area (Å²) in [7, 11) is 0. The van der Waals surface area contributed by atoms with E-state index in [1.54, 1.807) is 0 Å². The molecule has 0 saturated heterocycles. The summed E-state index contributed by atoms with van der Waals surface area (Å²) >= 11 is 4.24. The van der Waals surface area contributed by atoms with Crippen LogP contribution in [0.1, 0.15) is 26.2 Å². The molecular weight excluding hydrogens is 178 g/mol. The first kappa shape index (κ1) is 11.1. The second-order valence-electron chi connectivity index (χ2n) is 4.09. The molecule has 0 radical (unpaired) electrons. The third kappa shape index (κ3) is 4.72. The first-order chi connectivity index (χ1) is 6.26. The van der Waals surface area contributed by atoms with E-state index >= 15 is 0 Å². The summed E-state index contributed by atoms with van der Waals surface area (Å²) in [6.07, 6.45) is 4.12. The Balaban J connectivity index is 2.22. The van der Waals surface area contributed by atoms with Crippen LogP contribution in [0.3, 0.4) is 0 Å². The molecule has 2 heteroatoms. The lowest BCUT2D eigenvalue weighted by Gasteiger charge is -2.22. The topological polar surface area (TPSA) is 3.24 Å². The van der Waals surface area contributed by atoms with Crippen LogP contribution in [0.4, 0.5) is 0 Å². The first-order valence-electron chi connectivity index (χ1n) is 5.26. The quantitative estimate of drug-likeness (QED) is 0.487. The van der Waals surface area contributed by atoms with E-state index in [9.17, 15) is 0 Å². The molecule has 1 rings (SSSR count). The highest BCUT2D eigenvalue weighted by Crippen LogP contribution is 2.29. The first-order valence-corrected chi connectivity index (χ1v) is 5.89. The van der Waals surface area contributed by atoms with Crippen molar-refractivity contribution < 1.29 is 0 Å². The van der Waals surface area contributed by atoms with Crippen LogP contribution in [-0.4, -0.2) is 30.3 Å². The summed E-state index contributed by atoms with van der Waals surface area (Å²) in [5.74, 6) is 1.81. The maximum Gasteiger partial charge on any atom is 0.0198 e. The number of hydrogen-bond donors (Lipinski definition) is 1. The molecule has 0 spiro atoms. The Morgan fingerprint density at radius 3 is 2.69 bits per heavy atom. The monoisotopic (exact) mass is 199 g/mol. The minimum Gasteiger partial charge on any atom is -0.299 e. The van der Waals surface area contributed by atoms with Gasteiger partial charge in [-0.05, 0) is 31.7 Å². The van der Waals surface area contributed by atoms with E-state index in [-0.39, 0.29) is 0 Å². The standard InChI is InChI=1S/C11H21NS/c1-3-6-12(7-10(2)9-13)8-11-4-5-11/h11,13H,2-9H2,1H3. The van der Waals surface area contributed by atoms with Gasteiger partial charge >= 0.3 is 0 Å². The van der Waals surface area contributed by atoms with Crippen molar-refractivity contribution in [3.63, 3.8) is 0 Å². The summed E-state index contributed by atoms with van der Waals surface area (Å²) in [6.45, 7) is 9.78. The van der Waals surface area contributed by atoms with Crippen molar-refractivity contribution in [2.75, 3.05) is 25.4 Å². The van der Waals surface area contributed by atoms with Crippen LogP contribution < -0.4 is 0 Å². The molecule has 0 heterocycles. The Hall–Kier alpha value is 0.0500. The molecule has 1 aliphatic carbocycles. The highest BCUT2D eigenvalue weighted by atomic mass is 32.1. The fourth-order valence-electron chi connectivity index (χ4n) is 1.58. The maximum absolute atomic E-state index is 4.24. The summed E-state index contributed by atoms with van der Waals surface area (Å²) < 4.78 is 0. The molecule has 0 bridgehead atoms. The molecule has 1 nitrogen and oxygen atoms in total. The van der Waals surface area contributed by atoms with Crippen LogP contribution in [0, 0.1) is 5.92 Å². The number of hydrogen-bond acceptors (Lipinski definition) is 2. The summed E-state index contributed by atoms with van der Waals surface area (Å²) in [6, 6.07) is 0. The van der Waals surface area contributed by atoms with E-state index in [2.05, 4.69) is 31.0 Å². The fourth-order valence-corrected chi connectivity index (χ4v) is 1.68. The maximum atomic E-state index is 4.24. The Morgan fingerprint density at radius 1 is 1.54 bits per heavy atom. The molecule has 13 heavy (non-hydrogen) atoms. The van der Waals surface area contributed by atoms with Crippen molar-refractivity contribution in [3.8, 4) is 0 Å². The van der Waals surface area contributed by atoms with Gasteiger partial charge in [0.1, 0.15) is 0 Å². The second kappa shape index (κ2) is 5.71. The van der Waals surface area contributed by atoms with Gasteiger partial charge in [-0.25, -0.2) is 0 Å². The van der Waals surface area contributed by atoms with E-state index in [4.69, 9.17) is 0 Å². The van der Waals surface area contributed by atoms with Crippen molar-refractivity contribution in [1.29, 1.82) is 0 Å². The average molecular weight is 199 g/mol. The lowest BCUT2D eigenvalue weighted by atomic mass is 10.2. The minimum absolute atomic E-state index is 0.824. The normalized spacial score (nSPS) is 16.5. The number of rotatable bonds is 7. The van der Waals surface area contributed by atoms with E-state index in [1.807, 2.05) is 0 Å². The van der Waals surface area contributed by atoms with E-state index < -0.39 is 0 Å². The van der Waals surface area contributed by atoms with Crippen LogP contribution >= 0.6 is 12.6 Å². The molecule has 0 aromatic rings. The van der Waals surface area contributed by atoms with E-state index in [0.29, 0.717) is 0 Å². The van der Waals surface area contributed by atoms with Gasteiger partial charge in [0.25, 0.3) is 0 Å². The molecule has 0 aromatic heterocycles. The average Bonchev–Trinajstić information content (AvgIpc) is 2.88. The molecule has 76 valence electrons. The van der Waals surface area contributed by atoms with Crippen molar-refractivity contribution in [2.45, 2.75) is 26.2 Å². The lowest BCUT2D eigenvalue weighted by molar-refractivity contribution is 0.285. The van der Waals surface area contributed by atoms with Crippen molar-refractivity contribution in [2.24, 2.45) is 5.92 Å². The Morgan fingerprint density at radius 2 is 2.23 bits per heavy atom. The molecular formula is C11H21NS. The third-order valence-electron chi connectivity index (χ3n) is 2.42. The van der Waals surface area contributed by atoms with Gasteiger partial charge in [-0.15, -0.1) is 0 Å². The molecule has 1 fully saturated rings. The Labute approximate surface area is 87.6 Å². The zero-order valence-electron chi connectivity index (χ0n) is 8.63. The van der Waals surface area contributed by atoms with Crippen LogP contribution in [-0.2, 0) is 0 Å². The SMILES string of the molecule is C=C(CS)CN(CCC)CC1CC1. The summed E-state index contributed by atoms with van der Waals surface area (Å²) in [5.41, 5.74) is 1.25. The third-order valence-corrected chi connectivity index (χ3v) is 2.87. The van der Waals surface area contributed by atoms with Crippen molar-refractivity contribution >= 4 is 12.6 Å². The van der Waals surface area contributed by atoms with E-state index in [1.165, 1.54) is 37.9 Å². The van der Waals surface area contributed by atoms with Gasteiger partial charge < -0.3 is 0 Å². The molecule has 1 aliphatic rings. The predicted molar refractivity (Wildman–Crippen MR) is 62.4 cm³/mol. The summed E-state index contributed by atoms with van der Waals surface area (Å²) in [4.78, 5) is 2.52.